The predicted molar refractivity (Wildman–Crippen MR) is 113 cm³/mol. The number of alkyl halides is 1. The van der Waals surface area contributed by atoms with E-state index in [9.17, 15) is 9.18 Å². The molecule has 0 spiro atoms. The van der Waals surface area contributed by atoms with E-state index in [2.05, 4.69) is 10.0 Å². The molecule has 0 aromatic heterocycles. The number of carbonyl (C=O) groups is 1. The molecule has 0 N–H and O–H groups in total. The van der Waals surface area contributed by atoms with Crippen LogP contribution in [0.15, 0.2) is 12.1 Å². The highest BCUT2D eigenvalue weighted by atomic mass is 35.5. The van der Waals surface area contributed by atoms with Crippen LogP contribution in [0.3, 0.4) is 0 Å². The summed E-state index contributed by atoms with van der Waals surface area (Å²) in [5.41, 5.74) is 2.80. The fourth-order valence-electron chi connectivity index (χ4n) is 4.54. The van der Waals surface area contributed by atoms with E-state index in [0.717, 1.165) is 30.6 Å². The Morgan fingerprint density at radius 2 is 2.03 bits per heavy atom. The zero-order chi connectivity index (χ0) is 21.5. The molecule has 0 bridgehead atoms. The van der Waals surface area contributed by atoms with Crippen molar-refractivity contribution in [2.24, 2.45) is 0 Å². The number of hydrazine groups is 1. The SMILES string of the molecule is CC(C)(C)OC(=O)N1CCOC[C@H]1c1cc(Cl)cc2c1CN(N1CC[C@@H](F)C1)CC2. The molecule has 30 heavy (non-hydrogen) atoms. The van der Waals surface area contributed by atoms with E-state index in [1.54, 1.807) is 4.90 Å². The Hall–Kier alpha value is -1.41. The summed E-state index contributed by atoms with van der Waals surface area (Å²) in [5.74, 6) is 0. The first-order chi connectivity index (χ1) is 14.2. The highest BCUT2D eigenvalue weighted by Crippen LogP contribution is 2.36. The summed E-state index contributed by atoms with van der Waals surface area (Å²) in [6, 6.07) is 3.71. The first-order valence-electron chi connectivity index (χ1n) is 10.7. The van der Waals surface area contributed by atoms with E-state index in [-0.39, 0.29) is 12.1 Å². The lowest BCUT2D eigenvalue weighted by atomic mass is 9.91. The van der Waals surface area contributed by atoms with Crippen molar-refractivity contribution in [2.45, 2.75) is 58.0 Å². The molecule has 0 unspecified atom stereocenters. The molecule has 2 atom stereocenters. The molecule has 0 radical (unpaired) electrons. The van der Waals surface area contributed by atoms with E-state index >= 15 is 0 Å². The summed E-state index contributed by atoms with van der Waals surface area (Å²) in [5, 5.41) is 5.02. The first kappa shape index (κ1) is 21.8. The molecular formula is C22H31ClFN3O3. The summed E-state index contributed by atoms with van der Waals surface area (Å²) < 4.78 is 25.2. The number of ether oxygens (including phenoxy) is 2. The number of morpholine rings is 1. The first-order valence-corrected chi connectivity index (χ1v) is 11.1. The molecule has 0 saturated carbocycles. The highest BCUT2D eigenvalue weighted by molar-refractivity contribution is 6.30. The Kier molecular flexibility index (Phi) is 6.26. The minimum Gasteiger partial charge on any atom is -0.444 e. The summed E-state index contributed by atoms with van der Waals surface area (Å²) >= 11 is 6.47. The van der Waals surface area contributed by atoms with Crippen LogP contribution in [-0.4, -0.2) is 72.2 Å². The van der Waals surface area contributed by atoms with Gasteiger partial charge < -0.3 is 9.47 Å². The molecule has 6 nitrogen and oxygen atoms in total. The maximum absolute atomic E-state index is 13.8. The van der Waals surface area contributed by atoms with Crippen LogP contribution in [0.1, 0.15) is 49.9 Å². The molecule has 1 aromatic rings. The van der Waals surface area contributed by atoms with Crippen molar-refractivity contribution in [3.05, 3.63) is 33.8 Å². The normalized spacial score (nSPS) is 26.0. The van der Waals surface area contributed by atoms with Crippen molar-refractivity contribution >= 4 is 17.7 Å². The van der Waals surface area contributed by atoms with Crippen LogP contribution in [0.2, 0.25) is 5.02 Å². The van der Waals surface area contributed by atoms with Gasteiger partial charge in [-0.15, -0.1) is 0 Å². The molecule has 3 aliphatic heterocycles. The van der Waals surface area contributed by atoms with Crippen LogP contribution in [0.25, 0.3) is 0 Å². The van der Waals surface area contributed by atoms with Gasteiger partial charge >= 0.3 is 6.09 Å². The van der Waals surface area contributed by atoms with Gasteiger partial charge in [-0.25, -0.2) is 19.2 Å². The number of hydrogen-bond donors (Lipinski definition) is 0. The third-order valence-electron chi connectivity index (χ3n) is 5.95. The monoisotopic (exact) mass is 439 g/mol. The second-order valence-corrected chi connectivity index (χ2v) is 9.77. The van der Waals surface area contributed by atoms with E-state index in [1.807, 2.05) is 32.9 Å². The third kappa shape index (κ3) is 4.74. The predicted octanol–water partition coefficient (Wildman–Crippen LogP) is 3.97. The van der Waals surface area contributed by atoms with Crippen molar-refractivity contribution in [1.29, 1.82) is 0 Å². The number of hydrogen-bond acceptors (Lipinski definition) is 5. The number of benzene rings is 1. The van der Waals surface area contributed by atoms with Gasteiger partial charge in [-0.3, -0.25) is 4.90 Å². The molecule has 2 saturated heterocycles. The molecule has 1 aromatic carbocycles. The topological polar surface area (TPSA) is 45.2 Å². The van der Waals surface area contributed by atoms with Crippen LogP contribution in [0, 0.1) is 0 Å². The molecule has 0 aliphatic carbocycles. The molecule has 3 heterocycles. The van der Waals surface area contributed by atoms with E-state index < -0.39 is 11.8 Å². The van der Waals surface area contributed by atoms with E-state index in [1.165, 1.54) is 5.56 Å². The molecular weight excluding hydrogens is 409 g/mol. The molecule has 3 aliphatic rings. The molecule has 166 valence electrons. The van der Waals surface area contributed by atoms with Gasteiger partial charge in [-0.05, 0) is 62.4 Å². The van der Waals surface area contributed by atoms with Gasteiger partial charge in [0.15, 0.2) is 0 Å². The van der Waals surface area contributed by atoms with Gasteiger partial charge in [0.2, 0.25) is 0 Å². The van der Waals surface area contributed by atoms with Gasteiger partial charge in [0, 0.05) is 37.7 Å². The number of rotatable bonds is 2. The van der Waals surface area contributed by atoms with Crippen molar-refractivity contribution in [3.8, 4) is 0 Å². The minimum absolute atomic E-state index is 0.256. The van der Waals surface area contributed by atoms with Crippen molar-refractivity contribution in [1.82, 2.24) is 14.9 Å². The number of carbonyl (C=O) groups excluding carboxylic acids is 1. The maximum Gasteiger partial charge on any atom is 0.410 e. The quantitative estimate of drug-likeness (QED) is 0.697. The van der Waals surface area contributed by atoms with Crippen LogP contribution in [-0.2, 0) is 22.4 Å². The zero-order valence-corrected chi connectivity index (χ0v) is 18.8. The smallest absolute Gasteiger partial charge is 0.410 e. The lowest BCUT2D eigenvalue weighted by Crippen LogP contribution is -2.47. The average Bonchev–Trinajstić information content (AvgIpc) is 3.12. The summed E-state index contributed by atoms with van der Waals surface area (Å²) in [4.78, 5) is 14.7. The number of halogens is 2. The molecule has 8 heteroatoms. The maximum atomic E-state index is 13.8. The Morgan fingerprint density at radius 1 is 1.23 bits per heavy atom. The van der Waals surface area contributed by atoms with Gasteiger partial charge in [0.25, 0.3) is 0 Å². The largest absolute Gasteiger partial charge is 0.444 e. The van der Waals surface area contributed by atoms with E-state index in [4.69, 9.17) is 21.1 Å². The molecule has 4 rings (SSSR count). The van der Waals surface area contributed by atoms with Gasteiger partial charge in [0.05, 0.1) is 19.3 Å². The Labute approximate surface area is 182 Å². The third-order valence-corrected chi connectivity index (χ3v) is 6.16. The van der Waals surface area contributed by atoms with E-state index in [0.29, 0.717) is 44.3 Å². The van der Waals surface area contributed by atoms with Crippen molar-refractivity contribution in [3.63, 3.8) is 0 Å². The lowest BCUT2D eigenvalue weighted by molar-refractivity contribution is -0.0361. The summed E-state index contributed by atoms with van der Waals surface area (Å²) in [7, 11) is 0. The lowest BCUT2D eigenvalue weighted by Gasteiger charge is -2.41. The Morgan fingerprint density at radius 3 is 2.73 bits per heavy atom. The second kappa shape index (κ2) is 8.61. The second-order valence-electron chi connectivity index (χ2n) is 9.33. The van der Waals surface area contributed by atoms with Gasteiger partial charge in [0.1, 0.15) is 11.8 Å². The van der Waals surface area contributed by atoms with Crippen LogP contribution >= 0.6 is 11.6 Å². The van der Waals surface area contributed by atoms with Crippen LogP contribution in [0.5, 0.6) is 0 Å². The number of nitrogens with zero attached hydrogens (tertiary/aromatic N) is 3. The number of amides is 1. The summed E-state index contributed by atoms with van der Waals surface area (Å²) in [6.07, 6.45) is 0.332. The van der Waals surface area contributed by atoms with Crippen molar-refractivity contribution < 1.29 is 18.7 Å². The highest BCUT2D eigenvalue weighted by Gasteiger charge is 2.36. The Bertz CT molecular complexity index is 801. The zero-order valence-electron chi connectivity index (χ0n) is 18.0. The molecule has 2 fully saturated rings. The Balaban J connectivity index is 1.63. The standard InChI is InChI=1S/C22H31ClFN3O3/c1-22(2,3)30-21(28)27-8-9-29-14-20(27)18-11-16(23)10-15-4-6-26(13-19(15)18)25-7-5-17(24)12-25/h10-11,17,20H,4-9,12-14H2,1-3H3/t17-,20+/m1/s1. The summed E-state index contributed by atoms with van der Waals surface area (Å²) in [6.45, 7) is 9.70. The number of fused-ring (bicyclic) bond motifs is 1. The van der Waals surface area contributed by atoms with Crippen LogP contribution in [0.4, 0.5) is 9.18 Å². The minimum atomic E-state index is -0.759. The fourth-order valence-corrected chi connectivity index (χ4v) is 4.79. The van der Waals surface area contributed by atoms with Crippen molar-refractivity contribution in [2.75, 3.05) is 39.4 Å². The van der Waals surface area contributed by atoms with Gasteiger partial charge in [-0.2, -0.15) is 0 Å². The fraction of sp³-hybridized carbons (Fsp3) is 0.682. The van der Waals surface area contributed by atoms with Crippen LogP contribution < -0.4 is 0 Å². The molecule has 1 amide bonds. The average molecular weight is 440 g/mol. The van der Waals surface area contributed by atoms with Gasteiger partial charge in [-0.1, -0.05) is 11.6 Å².